The minimum absolute atomic E-state index is 0.280. The van der Waals surface area contributed by atoms with Gasteiger partial charge in [0.2, 0.25) is 0 Å². The summed E-state index contributed by atoms with van der Waals surface area (Å²) in [5.41, 5.74) is 8.74. The van der Waals surface area contributed by atoms with Crippen molar-refractivity contribution in [1.82, 2.24) is 0 Å². The van der Waals surface area contributed by atoms with Crippen LogP contribution in [0.1, 0.15) is 45.4 Å². The first kappa shape index (κ1) is 21.3. The summed E-state index contributed by atoms with van der Waals surface area (Å²) in [4.78, 5) is 2.15. The minimum atomic E-state index is -4.41. The van der Waals surface area contributed by atoms with Gasteiger partial charge in [0, 0.05) is 0 Å². The van der Waals surface area contributed by atoms with Crippen molar-refractivity contribution in [3.05, 3.63) is 29.8 Å². The molecule has 0 atom stereocenters. The highest BCUT2D eigenvalue weighted by atomic mass is 32.3. The summed E-state index contributed by atoms with van der Waals surface area (Å²) in [5.74, 6) is 0.495. The highest BCUT2D eigenvalue weighted by molar-refractivity contribution is 8.30. The van der Waals surface area contributed by atoms with E-state index in [-0.39, 0.29) is 4.90 Å². The minimum Gasteiger partial charge on any atom is -0.494 e. The van der Waals surface area contributed by atoms with Crippen LogP contribution in [0.15, 0.2) is 29.2 Å². The fourth-order valence-corrected chi connectivity index (χ4v) is 5.05. The van der Waals surface area contributed by atoms with E-state index in [0.717, 1.165) is 12.8 Å². The van der Waals surface area contributed by atoms with Gasteiger partial charge in [-0.1, -0.05) is 39.0 Å². The van der Waals surface area contributed by atoms with Gasteiger partial charge in [0.1, 0.15) is 5.75 Å². The Morgan fingerprint density at radius 1 is 1.00 bits per heavy atom. The third kappa shape index (κ3) is 6.61. The van der Waals surface area contributed by atoms with Gasteiger partial charge in [-0.2, -0.15) is 0 Å². The number of rotatable bonds is 9. The third-order valence-corrected chi connectivity index (χ3v) is 7.25. The van der Waals surface area contributed by atoms with Gasteiger partial charge in [0.25, 0.3) is 19.7 Å². The summed E-state index contributed by atoms with van der Waals surface area (Å²) in [6, 6.07) is 5.34. The molecule has 1 aromatic carbocycles. The molecule has 0 amide bonds. The molecule has 0 aliphatic rings. The van der Waals surface area contributed by atoms with Crippen LogP contribution >= 0.6 is 0 Å². The molecular weight excluding hydrogens is 364 g/mol. The molecule has 0 unspecified atom stereocenters. The van der Waals surface area contributed by atoms with E-state index in [1.54, 1.807) is 0 Å². The Balaban J connectivity index is 2.66. The third-order valence-electron chi connectivity index (χ3n) is 3.53. The van der Waals surface area contributed by atoms with Gasteiger partial charge in [-0.25, -0.2) is 16.8 Å². The summed E-state index contributed by atoms with van der Waals surface area (Å²) in [5, 5.41) is 0. The van der Waals surface area contributed by atoms with Crippen LogP contribution in [0.2, 0.25) is 0 Å². The predicted molar refractivity (Wildman–Crippen MR) is 96.0 cm³/mol. The SMILES string of the molecule is CCCCCCCCOc1ccc(S(=O)(=O)C(=[N+]=[N-])S(C)(=O)=O)cc1. The van der Waals surface area contributed by atoms with Gasteiger partial charge >= 0.3 is 4.38 Å². The highest BCUT2D eigenvalue weighted by Gasteiger charge is 2.39. The van der Waals surface area contributed by atoms with Crippen LogP contribution in [0.4, 0.5) is 0 Å². The van der Waals surface area contributed by atoms with Crippen molar-refractivity contribution in [3.63, 3.8) is 0 Å². The van der Waals surface area contributed by atoms with Crippen LogP contribution in [0.25, 0.3) is 5.53 Å². The number of hydrogen-bond donors (Lipinski definition) is 0. The van der Waals surface area contributed by atoms with E-state index in [1.165, 1.54) is 49.9 Å². The molecule has 0 radical (unpaired) electrons. The van der Waals surface area contributed by atoms with Crippen LogP contribution in [0, 0.1) is 0 Å². The lowest BCUT2D eigenvalue weighted by molar-refractivity contribution is 0.00385. The molecule has 0 saturated heterocycles. The fraction of sp³-hybridized carbons (Fsp3) is 0.562. The molecule has 25 heavy (non-hydrogen) atoms. The Kier molecular flexibility index (Phi) is 8.28. The van der Waals surface area contributed by atoms with Gasteiger partial charge in [0.05, 0.1) is 17.8 Å². The maximum Gasteiger partial charge on any atom is 0.499 e. The molecule has 9 heteroatoms. The van der Waals surface area contributed by atoms with Gasteiger partial charge in [0.15, 0.2) is 0 Å². The van der Waals surface area contributed by atoms with Crippen molar-refractivity contribution < 1.29 is 26.4 Å². The van der Waals surface area contributed by atoms with Crippen LogP contribution in [-0.2, 0) is 19.7 Å². The van der Waals surface area contributed by atoms with Gasteiger partial charge in [-0.15, -0.1) is 4.79 Å². The zero-order valence-electron chi connectivity index (χ0n) is 14.5. The summed E-state index contributed by atoms with van der Waals surface area (Å²) in [7, 11) is -8.58. The molecule has 0 heterocycles. The second-order valence-corrected chi connectivity index (χ2v) is 9.78. The Hall–Kier alpha value is -1.70. The summed E-state index contributed by atoms with van der Waals surface area (Å²) in [6.07, 6.45) is 7.49. The Labute approximate surface area is 149 Å². The molecule has 140 valence electrons. The molecular formula is C16H24N2O5S2. The van der Waals surface area contributed by atoms with E-state index in [9.17, 15) is 16.8 Å². The Bertz CT molecular complexity index is 809. The first-order valence-electron chi connectivity index (χ1n) is 8.13. The van der Waals surface area contributed by atoms with E-state index in [1.807, 2.05) is 0 Å². The zero-order chi connectivity index (χ0) is 18.9. The van der Waals surface area contributed by atoms with Gasteiger partial charge < -0.3 is 10.3 Å². The topological polar surface area (TPSA) is 114 Å². The lowest BCUT2D eigenvalue weighted by atomic mass is 10.1. The lowest BCUT2D eigenvalue weighted by Gasteiger charge is -2.07. The number of sulfone groups is 2. The van der Waals surface area contributed by atoms with Crippen molar-refractivity contribution in [2.45, 2.75) is 50.3 Å². The average Bonchev–Trinajstić information content (AvgIpc) is 2.53. The maximum atomic E-state index is 12.2. The van der Waals surface area contributed by atoms with Crippen molar-refractivity contribution >= 4 is 24.1 Å². The van der Waals surface area contributed by atoms with E-state index >= 15 is 0 Å². The lowest BCUT2D eigenvalue weighted by Crippen LogP contribution is -2.24. The smallest absolute Gasteiger partial charge is 0.494 e. The van der Waals surface area contributed by atoms with Crippen LogP contribution in [0.3, 0.4) is 0 Å². The molecule has 0 fully saturated rings. The Morgan fingerprint density at radius 2 is 1.56 bits per heavy atom. The van der Waals surface area contributed by atoms with Crippen LogP contribution in [-0.4, -0.2) is 38.9 Å². The number of benzene rings is 1. The quantitative estimate of drug-likeness (QED) is 0.212. The standard InChI is InChI=1S/C16H24N2O5S2/c1-3-4-5-6-7-8-13-23-14-9-11-15(12-10-14)25(21,22)16(18-17)24(2,19)20/h9-12H,3-8,13H2,1-2H3. The summed E-state index contributed by atoms with van der Waals surface area (Å²) < 4.78 is 51.5. The molecule has 1 aromatic rings. The van der Waals surface area contributed by atoms with E-state index < -0.39 is 24.1 Å². The Morgan fingerprint density at radius 3 is 2.08 bits per heavy atom. The fourth-order valence-electron chi connectivity index (χ4n) is 2.22. The number of hydrogen-bond acceptors (Lipinski definition) is 5. The van der Waals surface area contributed by atoms with E-state index in [0.29, 0.717) is 18.6 Å². The highest BCUT2D eigenvalue weighted by Crippen LogP contribution is 2.19. The summed E-state index contributed by atoms with van der Waals surface area (Å²) in [6.45, 7) is 2.70. The molecule has 0 aliphatic carbocycles. The number of unbranched alkanes of at least 4 members (excludes halogenated alkanes) is 5. The molecule has 0 saturated carbocycles. The van der Waals surface area contributed by atoms with Crippen molar-refractivity contribution in [1.29, 1.82) is 0 Å². The second kappa shape index (κ2) is 9.70. The monoisotopic (exact) mass is 388 g/mol. The average molecular weight is 389 g/mol. The largest absolute Gasteiger partial charge is 0.499 e. The van der Waals surface area contributed by atoms with Crippen LogP contribution in [0.5, 0.6) is 5.75 Å². The molecule has 0 N–H and O–H groups in total. The molecule has 0 aliphatic heterocycles. The first-order chi connectivity index (χ1) is 11.7. The number of nitrogens with zero attached hydrogens (tertiary/aromatic N) is 2. The van der Waals surface area contributed by atoms with Crippen molar-refractivity contribution in [2.24, 2.45) is 0 Å². The number of ether oxygens (including phenoxy) is 1. The second-order valence-electron chi connectivity index (χ2n) is 5.73. The van der Waals surface area contributed by atoms with Gasteiger partial charge in [-0.3, -0.25) is 0 Å². The van der Waals surface area contributed by atoms with Crippen LogP contribution < -0.4 is 4.74 Å². The predicted octanol–water partition coefficient (Wildman–Crippen LogP) is 2.83. The van der Waals surface area contributed by atoms with Crippen molar-refractivity contribution in [3.8, 4) is 5.75 Å². The van der Waals surface area contributed by atoms with E-state index in [4.69, 9.17) is 10.3 Å². The van der Waals surface area contributed by atoms with Gasteiger partial charge in [-0.05, 0) is 30.7 Å². The molecule has 7 nitrogen and oxygen atoms in total. The van der Waals surface area contributed by atoms with E-state index in [2.05, 4.69) is 11.7 Å². The molecule has 0 bridgehead atoms. The summed E-state index contributed by atoms with van der Waals surface area (Å²) >= 11 is 0. The zero-order valence-corrected chi connectivity index (χ0v) is 16.1. The first-order valence-corrected chi connectivity index (χ1v) is 11.5. The van der Waals surface area contributed by atoms with Crippen molar-refractivity contribution in [2.75, 3.05) is 12.9 Å². The molecule has 0 spiro atoms. The normalized spacial score (nSPS) is 11.8. The molecule has 0 aromatic heterocycles. The maximum absolute atomic E-state index is 12.2. The molecule has 1 rings (SSSR count).